The van der Waals surface area contributed by atoms with Gasteiger partial charge in [-0.05, 0) is 47.8 Å². The van der Waals surface area contributed by atoms with E-state index >= 15 is 0 Å². The standard InChI is InChI=1S/C11H16BrNS/c1-8-11(12)6-10(14-8)7-13-5-4-9-2-3-9/h6,9,13H,2-5,7H2,1H3. The lowest BCUT2D eigenvalue weighted by molar-refractivity contribution is 0.616. The van der Waals surface area contributed by atoms with E-state index in [-0.39, 0.29) is 0 Å². The lowest BCUT2D eigenvalue weighted by atomic mass is 10.3. The topological polar surface area (TPSA) is 12.0 Å². The van der Waals surface area contributed by atoms with Gasteiger partial charge in [0, 0.05) is 20.8 Å². The van der Waals surface area contributed by atoms with Gasteiger partial charge in [-0.25, -0.2) is 0 Å². The molecule has 1 aliphatic rings. The van der Waals surface area contributed by atoms with Crippen molar-refractivity contribution in [3.05, 3.63) is 20.3 Å². The molecule has 0 radical (unpaired) electrons. The Labute approximate surface area is 98.0 Å². The Bertz CT molecular complexity index is 285. The molecule has 0 aliphatic heterocycles. The zero-order valence-electron chi connectivity index (χ0n) is 8.48. The highest BCUT2D eigenvalue weighted by molar-refractivity contribution is 9.10. The summed E-state index contributed by atoms with van der Waals surface area (Å²) in [6, 6.07) is 2.23. The fourth-order valence-electron chi connectivity index (χ4n) is 1.53. The quantitative estimate of drug-likeness (QED) is 0.807. The van der Waals surface area contributed by atoms with Crippen molar-refractivity contribution in [2.45, 2.75) is 32.7 Å². The van der Waals surface area contributed by atoms with Crippen LogP contribution in [0.2, 0.25) is 0 Å². The summed E-state index contributed by atoms with van der Waals surface area (Å²) in [6.45, 7) is 4.37. The second-order valence-electron chi connectivity index (χ2n) is 4.03. The van der Waals surface area contributed by atoms with Crippen LogP contribution in [0.5, 0.6) is 0 Å². The van der Waals surface area contributed by atoms with Crippen LogP contribution in [0.25, 0.3) is 0 Å². The summed E-state index contributed by atoms with van der Waals surface area (Å²) in [5, 5.41) is 3.50. The normalized spacial score (nSPS) is 16.1. The van der Waals surface area contributed by atoms with Crippen LogP contribution in [0.15, 0.2) is 10.5 Å². The largest absolute Gasteiger partial charge is 0.312 e. The summed E-state index contributed by atoms with van der Waals surface area (Å²) in [6.07, 6.45) is 4.29. The van der Waals surface area contributed by atoms with Crippen LogP contribution in [-0.4, -0.2) is 6.54 Å². The first kappa shape index (κ1) is 10.7. The average Bonchev–Trinajstić information content (AvgIpc) is 2.90. The molecule has 1 heterocycles. The van der Waals surface area contributed by atoms with Gasteiger partial charge < -0.3 is 5.32 Å². The minimum absolute atomic E-state index is 1.03. The Kier molecular flexibility index (Phi) is 3.63. The fraction of sp³-hybridized carbons (Fsp3) is 0.636. The number of nitrogens with one attached hydrogen (secondary N) is 1. The van der Waals surface area contributed by atoms with Crippen LogP contribution in [0.3, 0.4) is 0 Å². The third kappa shape index (κ3) is 3.07. The van der Waals surface area contributed by atoms with Gasteiger partial charge in [0.1, 0.15) is 0 Å². The highest BCUT2D eigenvalue weighted by atomic mass is 79.9. The van der Waals surface area contributed by atoms with Gasteiger partial charge in [-0.3, -0.25) is 0 Å². The molecular formula is C11H16BrNS. The molecule has 3 heteroatoms. The van der Waals surface area contributed by atoms with Crippen LogP contribution in [-0.2, 0) is 6.54 Å². The molecule has 0 unspecified atom stereocenters. The first-order chi connectivity index (χ1) is 6.75. The van der Waals surface area contributed by atoms with E-state index in [0.29, 0.717) is 0 Å². The minimum Gasteiger partial charge on any atom is -0.312 e. The van der Waals surface area contributed by atoms with Gasteiger partial charge in [-0.15, -0.1) is 11.3 Å². The van der Waals surface area contributed by atoms with E-state index in [4.69, 9.17) is 0 Å². The SMILES string of the molecule is Cc1sc(CNCCC2CC2)cc1Br. The van der Waals surface area contributed by atoms with Gasteiger partial charge in [0.15, 0.2) is 0 Å². The molecule has 0 bridgehead atoms. The molecule has 2 rings (SSSR count). The number of hydrogen-bond acceptors (Lipinski definition) is 2. The molecule has 1 fully saturated rings. The summed E-state index contributed by atoms with van der Waals surface area (Å²) >= 11 is 5.42. The Balaban J connectivity index is 1.68. The molecule has 14 heavy (non-hydrogen) atoms. The third-order valence-electron chi connectivity index (χ3n) is 2.63. The third-order valence-corrected chi connectivity index (χ3v) is 4.77. The molecule has 1 aliphatic carbocycles. The van der Waals surface area contributed by atoms with E-state index in [1.807, 2.05) is 11.3 Å². The summed E-state index contributed by atoms with van der Waals surface area (Å²) in [7, 11) is 0. The fourth-order valence-corrected chi connectivity index (χ4v) is 3.10. The maximum Gasteiger partial charge on any atom is 0.0314 e. The van der Waals surface area contributed by atoms with Gasteiger partial charge in [-0.2, -0.15) is 0 Å². The minimum atomic E-state index is 1.03. The number of aryl methyl sites for hydroxylation is 1. The Morgan fingerprint density at radius 1 is 1.57 bits per heavy atom. The maximum absolute atomic E-state index is 3.54. The van der Waals surface area contributed by atoms with Crippen LogP contribution < -0.4 is 5.32 Å². The average molecular weight is 274 g/mol. The number of rotatable bonds is 5. The molecule has 0 amide bonds. The van der Waals surface area contributed by atoms with Crippen molar-refractivity contribution in [2.24, 2.45) is 5.92 Å². The zero-order chi connectivity index (χ0) is 9.97. The van der Waals surface area contributed by atoms with Crippen molar-refractivity contribution < 1.29 is 0 Å². The lowest BCUT2D eigenvalue weighted by Gasteiger charge is -2.00. The first-order valence-corrected chi connectivity index (χ1v) is 6.82. The summed E-state index contributed by atoms with van der Waals surface area (Å²) in [4.78, 5) is 2.81. The van der Waals surface area contributed by atoms with Crippen molar-refractivity contribution in [3.63, 3.8) is 0 Å². The van der Waals surface area contributed by atoms with E-state index < -0.39 is 0 Å². The summed E-state index contributed by atoms with van der Waals surface area (Å²) in [5.41, 5.74) is 0. The lowest BCUT2D eigenvalue weighted by Crippen LogP contribution is -2.14. The zero-order valence-corrected chi connectivity index (χ0v) is 10.9. The van der Waals surface area contributed by atoms with E-state index in [2.05, 4.69) is 34.2 Å². The van der Waals surface area contributed by atoms with Crippen LogP contribution in [0.4, 0.5) is 0 Å². The second kappa shape index (κ2) is 4.77. The Morgan fingerprint density at radius 2 is 2.36 bits per heavy atom. The van der Waals surface area contributed by atoms with E-state index in [0.717, 1.165) is 12.5 Å². The highest BCUT2D eigenvalue weighted by Gasteiger charge is 2.19. The summed E-state index contributed by atoms with van der Waals surface area (Å²) in [5.74, 6) is 1.04. The van der Waals surface area contributed by atoms with Crippen LogP contribution >= 0.6 is 27.3 Å². The van der Waals surface area contributed by atoms with Crippen molar-refractivity contribution in [1.82, 2.24) is 5.32 Å². The molecular weight excluding hydrogens is 258 g/mol. The van der Waals surface area contributed by atoms with Crippen molar-refractivity contribution >= 4 is 27.3 Å². The van der Waals surface area contributed by atoms with Gasteiger partial charge >= 0.3 is 0 Å². The maximum atomic E-state index is 3.54. The number of thiophene rings is 1. The monoisotopic (exact) mass is 273 g/mol. The van der Waals surface area contributed by atoms with Crippen molar-refractivity contribution in [3.8, 4) is 0 Å². The van der Waals surface area contributed by atoms with Gasteiger partial charge in [0.2, 0.25) is 0 Å². The molecule has 1 saturated carbocycles. The molecule has 0 atom stereocenters. The predicted octanol–water partition coefficient (Wildman–Crippen LogP) is 3.71. The van der Waals surface area contributed by atoms with E-state index in [1.54, 1.807) is 0 Å². The van der Waals surface area contributed by atoms with Crippen molar-refractivity contribution in [2.75, 3.05) is 6.54 Å². The van der Waals surface area contributed by atoms with Gasteiger partial charge in [0.25, 0.3) is 0 Å². The highest BCUT2D eigenvalue weighted by Crippen LogP contribution is 2.31. The predicted molar refractivity (Wildman–Crippen MR) is 65.8 cm³/mol. The van der Waals surface area contributed by atoms with E-state index in [1.165, 1.54) is 40.0 Å². The summed E-state index contributed by atoms with van der Waals surface area (Å²) < 4.78 is 1.25. The van der Waals surface area contributed by atoms with Crippen molar-refractivity contribution in [1.29, 1.82) is 0 Å². The van der Waals surface area contributed by atoms with Gasteiger partial charge in [0.05, 0.1) is 0 Å². The Morgan fingerprint density at radius 3 is 2.93 bits per heavy atom. The molecule has 0 saturated heterocycles. The van der Waals surface area contributed by atoms with Crippen LogP contribution in [0.1, 0.15) is 29.0 Å². The van der Waals surface area contributed by atoms with Gasteiger partial charge in [-0.1, -0.05) is 12.8 Å². The molecule has 1 aromatic heterocycles. The molecule has 1 nitrogen and oxygen atoms in total. The first-order valence-electron chi connectivity index (χ1n) is 5.21. The molecule has 1 aromatic rings. The Hall–Kier alpha value is 0.140. The smallest absolute Gasteiger partial charge is 0.0314 e. The molecule has 1 N–H and O–H groups in total. The van der Waals surface area contributed by atoms with Crippen LogP contribution in [0, 0.1) is 12.8 Å². The molecule has 78 valence electrons. The van der Waals surface area contributed by atoms with E-state index in [9.17, 15) is 0 Å². The second-order valence-corrected chi connectivity index (χ2v) is 6.22. The molecule has 0 spiro atoms. The molecule has 0 aromatic carbocycles. The number of hydrogen-bond donors (Lipinski definition) is 1. The number of halogens is 1.